The van der Waals surface area contributed by atoms with Crippen molar-refractivity contribution in [1.82, 2.24) is 0 Å². The van der Waals surface area contributed by atoms with Crippen LogP contribution < -0.4 is 0 Å². The van der Waals surface area contributed by atoms with Gasteiger partial charge in [0.2, 0.25) is 0 Å². The van der Waals surface area contributed by atoms with Gasteiger partial charge in [0.15, 0.2) is 0 Å². The second kappa shape index (κ2) is 3.82. The van der Waals surface area contributed by atoms with Gasteiger partial charge < -0.3 is 15.3 Å². The second-order valence-corrected chi connectivity index (χ2v) is 1.68. The molecule has 0 aromatic carbocycles. The molecule has 0 bridgehead atoms. The summed E-state index contributed by atoms with van der Waals surface area (Å²) in [7, 11) is 0. The standard InChI is InChI=1S/C6H14O3/c1-2-6(3-7,4-8)5-9/h7-9H,2-5H2,1H3/i3D,4D2,5D2. The Kier molecular flexibility index (Phi) is 1.41. The van der Waals surface area contributed by atoms with Crippen molar-refractivity contribution in [2.75, 3.05) is 19.7 Å². The molecular formula is C6H14O3. The second-order valence-electron chi connectivity index (χ2n) is 1.68. The van der Waals surface area contributed by atoms with Gasteiger partial charge in [0, 0.05) is 5.41 Å². The quantitative estimate of drug-likeness (QED) is 0.485. The molecule has 3 N–H and O–H groups in total. The van der Waals surface area contributed by atoms with E-state index in [1.807, 2.05) is 0 Å². The zero-order valence-corrected chi connectivity index (χ0v) is 5.13. The molecular weight excluding hydrogens is 120 g/mol. The lowest BCUT2D eigenvalue weighted by Gasteiger charge is -2.24. The first kappa shape index (κ1) is 3.32. The summed E-state index contributed by atoms with van der Waals surface area (Å²) < 4.78 is 34.8. The zero-order chi connectivity index (χ0) is 11.8. The van der Waals surface area contributed by atoms with Crippen LogP contribution in [0.3, 0.4) is 0 Å². The van der Waals surface area contributed by atoms with Crippen molar-refractivity contribution in [3.8, 4) is 0 Å². The fraction of sp³-hybridized carbons (Fsp3) is 1.00. The largest absolute Gasteiger partial charge is 0.396 e. The Morgan fingerprint density at radius 2 is 1.78 bits per heavy atom. The predicted octanol–water partition coefficient (Wildman–Crippen LogP) is -0.640. The number of hydrogen-bond acceptors (Lipinski definition) is 3. The van der Waals surface area contributed by atoms with Crippen molar-refractivity contribution in [3.63, 3.8) is 0 Å². The molecule has 3 heteroatoms. The summed E-state index contributed by atoms with van der Waals surface area (Å²) in [6.07, 6.45) is -0.426. The molecule has 9 heavy (non-hydrogen) atoms. The summed E-state index contributed by atoms with van der Waals surface area (Å²) in [5, 5.41) is 27.2. The minimum Gasteiger partial charge on any atom is -0.396 e. The van der Waals surface area contributed by atoms with Crippen molar-refractivity contribution in [3.05, 3.63) is 0 Å². The highest BCUT2D eigenvalue weighted by atomic mass is 16.3. The zero-order valence-electron chi connectivity index (χ0n) is 10.1. The lowest BCUT2D eigenvalue weighted by molar-refractivity contribution is 0.00304. The third-order valence-corrected chi connectivity index (χ3v) is 1.18. The highest BCUT2D eigenvalue weighted by Gasteiger charge is 2.24. The van der Waals surface area contributed by atoms with E-state index < -0.39 is 31.5 Å². The number of rotatable bonds is 4. The minimum atomic E-state index is -3.19. The smallest absolute Gasteiger partial charge is 0.0571 e. The molecule has 0 rings (SSSR count). The van der Waals surface area contributed by atoms with Crippen LogP contribution in [-0.4, -0.2) is 35.0 Å². The van der Waals surface area contributed by atoms with Crippen LogP contribution in [0.1, 0.15) is 20.2 Å². The van der Waals surface area contributed by atoms with Gasteiger partial charge in [-0.05, 0) is 6.42 Å². The molecule has 0 saturated carbocycles. The van der Waals surface area contributed by atoms with Gasteiger partial charge in [0.25, 0.3) is 0 Å². The molecule has 0 aromatic rings. The summed E-state index contributed by atoms with van der Waals surface area (Å²) in [6.45, 7) is -7.39. The summed E-state index contributed by atoms with van der Waals surface area (Å²) in [4.78, 5) is 0. The fourth-order valence-corrected chi connectivity index (χ4v) is 0.332. The van der Waals surface area contributed by atoms with Gasteiger partial charge in [-0.3, -0.25) is 0 Å². The van der Waals surface area contributed by atoms with E-state index in [1.165, 1.54) is 6.92 Å². The molecule has 56 valence electrons. The molecule has 0 spiro atoms. The summed E-state index contributed by atoms with van der Waals surface area (Å²) in [6, 6.07) is 0. The van der Waals surface area contributed by atoms with Crippen LogP contribution in [0.4, 0.5) is 0 Å². The maximum Gasteiger partial charge on any atom is 0.0571 e. The number of aliphatic hydroxyl groups is 3. The maximum absolute atomic E-state index is 9.09. The van der Waals surface area contributed by atoms with Crippen LogP contribution in [0.25, 0.3) is 0 Å². The molecule has 0 aromatic heterocycles. The van der Waals surface area contributed by atoms with Crippen molar-refractivity contribution in [2.24, 2.45) is 5.41 Å². The highest BCUT2D eigenvalue weighted by Crippen LogP contribution is 2.18. The molecule has 0 amide bonds. The normalized spacial score (nSPS) is 26.9. The minimum absolute atomic E-state index is 0.426. The SMILES string of the molecule is [2H]C(O)C(CC)(C([2H])([2H])O)C([2H])([2H])O. The summed E-state index contributed by atoms with van der Waals surface area (Å²) in [5.74, 6) is 0. The van der Waals surface area contributed by atoms with Gasteiger partial charge in [-0.15, -0.1) is 0 Å². The van der Waals surface area contributed by atoms with E-state index in [9.17, 15) is 0 Å². The average Bonchev–Trinajstić information content (AvgIpc) is 1.80. The highest BCUT2D eigenvalue weighted by molar-refractivity contribution is 4.74. The Bertz CT molecular complexity index is 181. The van der Waals surface area contributed by atoms with Crippen LogP contribution in [-0.2, 0) is 0 Å². The van der Waals surface area contributed by atoms with Crippen LogP contribution >= 0.6 is 0 Å². The molecule has 0 aliphatic rings. The van der Waals surface area contributed by atoms with E-state index >= 15 is 0 Å². The molecule has 0 saturated heterocycles. The first-order valence-corrected chi connectivity index (χ1v) is 2.55. The molecule has 0 aliphatic carbocycles. The van der Waals surface area contributed by atoms with Gasteiger partial charge >= 0.3 is 0 Å². The molecule has 0 fully saturated rings. The average molecular weight is 139 g/mol. The van der Waals surface area contributed by atoms with Crippen molar-refractivity contribution >= 4 is 0 Å². The van der Waals surface area contributed by atoms with Crippen LogP contribution in [0, 0.1) is 5.41 Å². The molecule has 0 radical (unpaired) electrons. The summed E-state index contributed by atoms with van der Waals surface area (Å²) >= 11 is 0. The van der Waals surface area contributed by atoms with Crippen LogP contribution in [0.15, 0.2) is 0 Å². The molecule has 3 nitrogen and oxygen atoms in total. The monoisotopic (exact) mass is 139 g/mol. The lowest BCUT2D eigenvalue weighted by atomic mass is 9.88. The Morgan fingerprint density at radius 1 is 1.33 bits per heavy atom. The molecule has 1 atom stereocenters. The Hall–Kier alpha value is -0.120. The number of hydrogen-bond donors (Lipinski definition) is 3. The van der Waals surface area contributed by atoms with Crippen LogP contribution in [0.2, 0.25) is 0 Å². The maximum atomic E-state index is 9.09. The number of aliphatic hydroxyl groups excluding tert-OH is 1. The van der Waals surface area contributed by atoms with Gasteiger partial charge in [0.1, 0.15) is 0 Å². The first-order chi connectivity index (χ1) is 6.00. The van der Waals surface area contributed by atoms with Gasteiger partial charge in [-0.1, -0.05) is 6.92 Å². The van der Waals surface area contributed by atoms with E-state index in [4.69, 9.17) is 22.2 Å². The summed E-state index contributed by atoms with van der Waals surface area (Å²) in [5.41, 5.74) is -2.58. The van der Waals surface area contributed by atoms with Crippen molar-refractivity contribution < 1.29 is 22.2 Å². The Labute approximate surface area is 62.0 Å². The first-order valence-electron chi connectivity index (χ1n) is 5.13. The van der Waals surface area contributed by atoms with Gasteiger partial charge in [-0.2, -0.15) is 0 Å². The third kappa shape index (κ3) is 1.93. The van der Waals surface area contributed by atoms with E-state index in [0.29, 0.717) is 0 Å². The van der Waals surface area contributed by atoms with Crippen molar-refractivity contribution in [1.29, 1.82) is 0 Å². The van der Waals surface area contributed by atoms with Crippen molar-refractivity contribution in [2.45, 2.75) is 13.3 Å². The van der Waals surface area contributed by atoms with Gasteiger partial charge in [0.05, 0.1) is 26.6 Å². The third-order valence-electron chi connectivity index (χ3n) is 1.18. The van der Waals surface area contributed by atoms with E-state index in [2.05, 4.69) is 0 Å². The van der Waals surface area contributed by atoms with Gasteiger partial charge in [-0.25, -0.2) is 0 Å². The molecule has 0 aliphatic heterocycles. The van der Waals surface area contributed by atoms with E-state index in [1.54, 1.807) is 0 Å². The topological polar surface area (TPSA) is 60.7 Å². The lowest BCUT2D eigenvalue weighted by Crippen LogP contribution is -2.32. The predicted molar refractivity (Wildman–Crippen MR) is 34.0 cm³/mol. The Balaban J connectivity index is 5.45. The molecule has 0 heterocycles. The Morgan fingerprint density at radius 3 is 1.78 bits per heavy atom. The fourth-order valence-electron chi connectivity index (χ4n) is 0.332. The van der Waals surface area contributed by atoms with Crippen LogP contribution in [0.5, 0.6) is 0 Å². The van der Waals surface area contributed by atoms with E-state index in [0.717, 1.165) is 0 Å². The molecule has 1 unspecified atom stereocenters. The van der Waals surface area contributed by atoms with E-state index in [-0.39, 0.29) is 0 Å².